The molecule has 0 radical (unpaired) electrons. The van der Waals surface area contributed by atoms with Crippen LogP contribution >= 0.6 is 0 Å². The number of anilines is 1. The van der Waals surface area contributed by atoms with E-state index in [0.29, 0.717) is 12.1 Å². The molecule has 0 spiro atoms. The van der Waals surface area contributed by atoms with Crippen molar-refractivity contribution in [1.82, 2.24) is 9.78 Å². The minimum absolute atomic E-state index is 0.0603. The third-order valence-corrected chi connectivity index (χ3v) is 3.55. The van der Waals surface area contributed by atoms with E-state index in [1.807, 2.05) is 10.9 Å². The zero-order chi connectivity index (χ0) is 13.6. The summed E-state index contributed by atoms with van der Waals surface area (Å²) in [5.74, 6) is 0. The fourth-order valence-corrected chi connectivity index (χ4v) is 2.68. The van der Waals surface area contributed by atoms with E-state index in [1.54, 1.807) is 0 Å². The van der Waals surface area contributed by atoms with Gasteiger partial charge < -0.3 is 10.1 Å². The van der Waals surface area contributed by atoms with Crippen LogP contribution in [0.2, 0.25) is 0 Å². The van der Waals surface area contributed by atoms with Crippen LogP contribution < -0.4 is 5.32 Å². The van der Waals surface area contributed by atoms with Gasteiger partial charge in [0.2, 0.25) is 0 Å². The minimum Gasteiger partial charge on any atom is -0.377 e. The van der Waals surface area contributed by atoms with Gasteiger partial charge in [-0.1, -0.05) is 0 Å². The maximum absolute atomic E-state index is 6.09. The number of nitrogens with zero attached hydrogens (tertiary/aromatic N) is 2. The molecular weight excluding hydrogens is 226 g/mol. The quantitative estimate of drug-likeness (QED) is 0.896. The van der Waals surface area contributed by atoms with Crippen molar-refractivity contribution < 1.29 is 4.74 Å². The van der Waals surface area contributed by atoms with Crippen LogP contribution in [0.1, 0.15) is 54.0 Å². The molecule has 1 saturated heterocycles. The summed E-state index contributed by atoms with van der Waals surface area (Å²) >= 11 is 0. The number of hydrogen-bond donors (Lipinski definition) is 1. The minimum atomic E-state index is -0.149. The van der Waals surface area contributed by atoms with Gasteiger partial charge in [0.1, 0.15) is 0 Å². The second-order valence-corrected chi connectivity index (χ2v) is 6.67. The molecule has 18 heavy (non-hydrogen) atoms. The Bertz CT molecular complexity index is 420. The molecule has 2 heterocycles. The lowest BCUT2D eigenvalue weighted by Crippen LogP contribution is -2.38. The fraction of sp³-hybridized carbons (Fsp3) is 0.786. The Kier molecular flexibility index (Phi) is 3.18. The first-order valence-electron chi connectivity index (χ1n) is 6.70. The highest BCUT2D eigenvalue weighted by Crippen LogP contribution is 2.38. The van der Waals surface area contributed by atoms with Crippen molar-refractivity contribution in [2.45, 2.75) is 71.2 Å². The second kappa shape index (κ2) is 4.26. The molecule has 1 aliphatic heterocycles. The number of ether oxygens (including phenoxy) is 1. The largest absolute Gasteiger partial charge is 0.377 e. The fourth-order valence-electron chi connectivity index (χ4n) is 2.68. The van der Waals surface area contributed by atoms with Crippen LogP contribution in [-0.4, -0.2) is 27.0 Å². The molecule has 0 amide bonds. The highest BCUT2D eigenvalue weighted by molar-refractivity contribution is 5.41. The Hall–Kier alpha value is -1.03. The Morgan fingerprint density at radius 2 is 2.06 bits per heavy atom. The van der Waals surface area contributed by atoms with Crippen LogP contribution in [-0.2, 0) is 4.74 Å². The van der Waals surface area contributed by atoms with Gasteiger partial charge >= 0.3 is 0 Å². The summed E-state index contributed by atoms with van der Waals surface area (Å²) < 4.78 is 8.05. The molecule has 1 fully saturated rings. The lowest BCUT2D eigenvalue weighted by atomic mass is 9.94. The van der Waals surface area contributed by atoms with Crippen LogP contribution in [0, 0.1) is 0 Å². The Morgan fingerprint density at radius 1 is 1.39 bits per heavy atom. The molecule has 1 aromatic rings. The van der Waals surface area contributed by atoms with Crippen molar-refractivity contribution >= 4 is 5.69 Å². The molecule has 1 N–H and O–H groups in total. The summed E-state index contributed by atoms with van der Waals surface area (Å²) in [5.41, 5.74) is 0.863. The SMILES string of the molecule is CC(C)n1cc(NC2CC(C)(C)OC2(C)C)cn1. The van der Waals surface area contributed by atoms with Crippen molar-refractivity contribution in [3.05, 3.63) is 12.4 Å². The summed E-state index contributed by atoms with van der Waals surface area (Å²) in [5, 5.41) is 7.91. The molecular formula is C14H25N3O. The van der Waals surface area contributed by atoms with Crippen molar-refractivity contribution in [2.75, 3.05) is 5.32 Å². The van der Waals surface area contributed by atoms with E-state index in [9.17, 15) is 0 Å². The highest BCUT2D eigenvalue weighted by atomic mass is 16.5. The van der Waals surface area contributed by atoms with Crippen LogP contribution in [0.3, 0.4) is 0 Å². The number of aromatic nitrogens is 2. The van der Waals surface area contributed by atoms with Gasteiger partial charge in [-0.15, -0.1) is 0 Å². The van der Waals surface area contributed by atoms with Gasteiger partial charge in [0.05, 0.1) is 29.1 Å². The highest BCUT2D eigenvalue weighted by Gasteiger charge is 2.45. The maximum atomic E-state index is 6.09. The van der Waals surface area contributed by atoms with Gasteiger partial charge in [0, 0.05) is 12.2 Å². The van der Waals surface area contributed by atoms with Gasteiger partial charge in [-0.2, -0.15) is 5.10 Å². The van der Waals surface area contributed by atoms with Gasteiger partial charge in [0.25, 0.3) is 0 Å². The molecule has 0 aliphatic carbocycles. The molecule has 1 unspecified atom stereocenters. The number of rotatable bonds is 3. The topological polar surface area (TPSA) is 39.1 Å². The molecule has 1 atom stereocenters. The zero-order valence-corrected chi connectivity index (χ0v) is 12.3. The van der Waals surface area contributed by atoms with Crippen molar-refractivity contribution in [3.8, 4) is 0 Å². The third kappa shape index (κ3) is 2.69. The van der Waals surface area contributed by atoms with Gasteiger partial charge in [-0.3, -0.25) is 4.68 Å². The molecule has 102 valence electrons. The molecule has 0 saturated carbocycles. The molecule has 1 aliphatic rings. The normalized spacial score (nSPS) is 25.6. The van der Waals surface area contributed by atoms with Gasteiger partial charge in [-0.05, 0) is 48.0 Å². The zero-order valence-electron chi connectivity index (χ0n) is 12.3. The first-order valence-corrected chi connectivity index (χ1v) is 6.70. The first kappa shape index (κ1) is 13.4. The van der Waals surface area contributed by atoms with Gasteiger partial charge in [-0.25, -0.2) is 0 Å². The van der Waals surface area contributed by atoms with Crippen LogP contribution in [0.5, 0.6) is 0 Å². The Labute approximate surface area is 110 Å². The van der Waals surface area contributed by atoms with Crippen molar-refractivity contribution in [2.24, 2.45) is 0 Å². The van der Waals surface area contributed by atoms with Crippen molar-refractivity contribution in [3.63, 3.8) is 0 Å². The monoisotopic (exact) mass is 251 g/mol. The van der Waals surface area contributed by atoms with Crippen molar-refractivity contribution in [1.29, 1.82) is 0 Å². The Morgan fingerprint density at radius 3 is 2.50 bits per heavy atom. The molecule has 4 nitrogen and oxygen atoms in total. The van der Waals surface area contributed by atoms with E-state index in [2.05, 4.69) is 58.2 Å². The van der Waals surface area contributed by atoms with E-state index in [-0.39, 0.29) is 11.2 Å². The van der Waals surface area contributed by atoms with E-state index in [4.69, 9.17) is 4.74 Å². The van der Waals surface area contributed by atoms with Crippen LogP contribution in [0.4, 0.5) is 5.69 Å². The molecule has 0 bridgehead atoms. The second-order valence-electron chi connectivity index (χ2n) is 6.67. The summed E-state index contributed by atoms with van der Waals surface area (Å²) in [6, 6.07) is 0.710. The predicted molar refractivity (Wildman–Crippen MR) is 73.9 cm³/mol. The lowest BCUT2D eigenvalue weighted by Gasteiger charge is -2.27. The molecule has 4 heteroatoms. The summed E-state index contributed by atoms with van der Waals surface area (Å²) in [7, 11) is 0. The van der Waals surface area contributed by atoms with Gasteiger partial charge in [0.15, 0.2) is 0 Å². The maximum Gasteiger partial charge on any atom is 0.0834 e. The van der Waals surface area contributed by atoms with E-state index in [0.717, 1.165) is 12.1 Å². The summed E-state index contributed by atoms with van der Waals surface area (Å²) in [6.07, 6.45) is 4.96. The average Bonchev–Trinajstić information content (AvgIpc) is 2.69. The number of hydrogen-bond acceptors (Lipinski definition) is 3. The lowest BCUT2D eigenvalue weighted by molar-refractivity contribution is -0.0662. The average molecular weight is 251 g/mol. The molecule has 0 aromatic carbocycles. The third-order valence-electron chi connectivity index (χ3n) is 3.55. The smallest absolute Gasteiger partial charge is 0.0834 e. The molecule has 2 rings (SSSR count). The summed E-state index contributed by atoms with van der Waals surface area (Å²) in [6.45, 7) is 12.8. The van der Waals surface area contributed by atoms with E-state index < -0.39 is 0 Å². The van der Waals surface area contributed by atoms with E-state index in [1.165, 1.54) is 0 Å². The molecule has 1 aromatic heterocycles. The standard InChI is InChI=1S/C14H25N3O/c1-10(2)17-9-11(8-15-17)16-12-7-13(3,4)18-14(12,5)6/h8-10,12,16H,7H2,1-6H3. The number of nitrogens with one attached hydrogen (secondary N) is 1. The predicted octanol–water partition coefficient (Wildman–Crippen LogP) is 3.22. The van der Waals surface area contributed by atoms with Crippen LogP contribution in [0.15, 0.2) is 12.4 Å². The first-order chi connectivity index (χ1) is 8.20. The Balaban J connectivity index is 2.09. The van der Waals surface area contributed by atoms with E-state index >= 15 is 0 Å². The summed E-state index contributed by atoms with van der Waals surface area (Å²) in [4.78, 5) is 0. The van der Waals surface area contributed by atoms with Crippen LogP contribution in [0.25, 0.3) is 0 Å².